The number of para-hydroxylation sites is 1. The van der Waals surface area contributed by atoms with Crippen molar-refractivity contribution in [2.75, 3.05) is 0 Å². The van der Waals surface area contributed by atoms with E-state index in [0.717, 1.165) is 16.3 Å². The minimum absolute atomic E-state index is 0.0585. The normalized spacial score (nSPS) is 11.4. The van der Waals surface area contributed by atoms with Crippen molar-refractivity contribution in [2.45, 2.75) is 6.54 Å². The number of azo groups is 1. The molecule has 0 aliphatic carbocycles. The first-order valence-corrected chi connectivity index (χ1v) is 8.67. The number of benzene rings is 3. The Hall–Kier alpha value is -3.93. The zero-order valence-corrected chi connectivity index (χ0v) is 14.9. The van der Waals surface area contributed by atoms with E-state index < -0.39 is 11.7 Å². The Balaban J connectivity index is 1.76. The van der Waals surface area contributed by atoms with Crippen molar-refractivity contribution < 1.29 is 15.0 Å². The molecule has 0 atom stereocenters. The van der Waals surface area contributed by atoms with Gasteiger partial charge in [-0.15, -0.1) is 16.8 Å². The number of allylic oxidation sites excluding steroid dienone is 1. The minimum atomic E-state index is -0.754. The SMILES string of the molecule is C=CCn1c(O)c(N=NC(=O)c2cc3ccccc3cc2[O-])c2ccccc21. The Kier molecular flexibility index (Phi) is 4.37. The van der Waals surface area contributed by atoms with Gasteiger partial charge in [0.05, 0.1) is 5.52 Å². The first kappa shape index (κ1) is 17.5. The molecule has 0 spiro atoms. The van der Waals surface area contributed by atoms with Gasteiger partial charge in [-0.25, -0.2) is 0 Å². The third-order valence-corrected chi connectivity index (χ3v) is 4.55. The van der Waals surface area contributed by atoms with Crippen LogP contribution in [0, 0.1) is 0 Å². The van der Waals surface area contributed by atoms with Crippen LogP contribution in [0.2, 0.25) is 0 Å². The second-order valence-electron chi connectivity index (χ2n) is 6.29. The van der Waals surface area contributed by atoms with E-state index in [1.165, 1.54) is 12.1 Å². The van der Waals surface area contributed by atoms with Crippen molar-refractivity contribution in [3.05, 3.63) is 78.9 Å². The number of aromatic nitrogens is 1. The lowest BCUT2D eigenvalue weighted by Gasteiger charge is -2.11. The maximum Gasteiger partial charge on any atom is 0.294 e. The third kappa shape index (κ3) is 2.91. The highest BCUT2D eigenvalue weighted by Crippen LogP contribution is 2.39. The zero-order chi connectivity index (χ0) is 19.7. The van der Waals surface area contributed by atoms with Crippen LogP contribution in [0.3, 0.4) is 0 Å². The molecule has 1 heterocycles. The lowest BCUT2D eigenvalue weighted by Crippen LogP contribution is -2.02. The van der Waals surface area contributed by atoms with E-state index in [-0.39, 0.29) is 17.1 Å². The third-order valence-electron chi connectivity index (χ3n) is 4.55. The fraction of sp³-hybridized carbons (Fsp3) is 0.0455. The number of aromatic hydroxyl groups is 1. The molecule has 0 radical (unpaired) electrons. The van der Waals surface area contributed by atoms with E-state index >= 15 is 0 Å². The van der Waals surface area contributed by atoms with Crippen LogP contribution >= 0.6 is 0 Å². The summed E-state index contributed by atoms with van der Waals surface area (Å²) in [6.07, 6.45) is 1.65. The summed E-state index contributed by atoms with van der Waals surface area (Å²) in [4.78, 5) is 12.5. The number of fused-ring (bicyclic) bond motifs is 2. The lowest BCUT2D eigenvalue weighted by molar-refractivity contribution is -0.268. The van der Waals surface area contributed by atoms with Crippen LogP contribution in [-0.2, 0) is 6.54 Å². The van der Waals surface area contributed by atoms with Crippen molar-refractivity contribution >= 4 is 33.3 Å². The molecule has 0 aliphatic rings. The smallest absolute Gasteiger partial charge is 0.294 e. The fourth-order valence-electron chi connectivity index (χ4n) is 3.22. The maximum absolute atomic E-state index is 12.5. The quantitative estimate of drug-likeness (QED) is 0.417. The van der Waals surface area contributed by atoms with Gasteiger partial charge in [0, 0.05) is 17.5 Å². The van der Waals surface area contributed by atoms with Gasteiger partial charge in [0.15, 0.2) is 5.69 Å². The van der Waals surface area contributed by atoms with Crippen molar-refractivity contribution in [1.29, 1.82) is 0 Å². The molecule has 0 saturated carbocycles. The molecule has 6 heteroatoms. The molecule has 4 aromatic rings. The van der Waals surface area contributed by atoms with Crippen LogP contribution in [0.25, 0.3) is 21.7 Å². The summed E-state index contributed by atoms with van der Waals surface area (Å²) in [6.45, 7) is 4.07. The van der Waals surface area contributed by atoms with Gasteiger partial charge in [0.1, 0.15) is 0 Å². The number of carbonyl (C=O) groups excluding carboxylic acids is 1. The summed E-state index contributed by atoms with van der Waals surface area (Å²) >= 11 is 0. The molecule has 1 amide bonds. The second-order valence-corrected chi connectivity index (χ2v) is 6.29. The molecule has 6 nitrogen and oxygen atoms in total. The largest absolute Gasteiger partial charge is 0.872 e. The van der Waals surface area contributed by atoms with Crippen molar-refractivity contribution in [2.24, 2.45) is 10.2 Å². The molecule has 0 saturated heterocycles. The van der Waals surface area contributed by atoms with Gasteiger partial charge < -0.3 is 14.8 Å². The van der Waals surface area contributed by atoms with E-state index in [2.05, 4.69) is 16.8 Å². The van der Waals surface area contributed by atoms with Gasteiger partial charge in [-0.1, -0.05) is 60.4 Å². The fourth-order valence-corrected chi connectivity index (χ4v) is 3.22. The van der Waals surface area contributed by atoms with Crippen molar-refractivity contribution in [3.63, 3.8) is 0 Å². The molecule has 1 N–H and O–H groups in total. The summed E-state index contributed by atoms with van der Waals surface area (Å²) < 4.78 is 1.62. The summed E-state index contributed by atoms with van der Waals surface area (Å²) in [5, 5.41) is 32.6. The monoisotopic (exact) mass is 370 g/mol. The highest BCUT2D eigenvalue weighted by atomic mass is 16.3. The molecule has 0 fully saturated rings. The summed E-state index contributed by atoms with van der Waals surface area (Å²) in [5.74, 6) is -1.28. The number of carbonyl (C=O) groups is 1. The van der Waals surface area contributed by atoms with Crippen molar-refractivity contribution in [1.82, 2.24) is 4.57 Å². The zero-order valence-electron chi connectivity index (χ0n) is 14.9. The maximum atomic E-state index is 12.5. The standard InChI is InChI=1S/C22H17N3O3/c1-2-11-25-18-10-6-5-9-16(18)20(22(25)28)23-24-21(27)17-12-14-7-3-4-8-15(14)13-19(17)26/h2-10,12-13,26,28H,1,11H2/p-1. The Bertz CT molecular complexity index is 1250. The van der Waals surface area contributed by atoms with Gasteiger partial charge >= 0.3 is 0 Å². The second kappa shape index (κ2) is 7.00. The highest BCUT2D eigenvalue weighted by molar-refractivity contribution is 6.02. The highest BCUT2D eigenvalue weighted by Gasteiger charge is 2.16. The predicted molar refractivity (Wildman–Crippen MR) is 106 cm³/mol. The van der Waals surface area contributed by atoms with E-state index in [4.69, 9.17) is 0 Å². The number of hydrogen-bond acceptors (Lipinski definition) is 4. The number of amides is 1. The Morgan fingerprint density at radius 3 is 2.54 bits per heavy atom. The van der Waals surface area contributed by atoms with Crippen LogP contribution in [0.4, 0.5) is 5.69 Å². The topological polar surface area (TPSA) is 90.0 Å². The molecule has 28 heavy (non-hydrogen) atoms. The van der Waals surface area contributed by atoms with Crippen LogP contribution in [0.1, 0.15) is 10.4 Å². The van der Waals surface area contributed by atoms with E-state index in [0.29, 0.717) is 11.9 Å². The molecule has 0 unspecified atom stereocenters. The van der Waals surface area contributed by atoms with E-state index in [1.807, 2.05) is 30.3 Å². The first-order chi connectivity index (χ1) is 13.6. The molecule has 1 aromatic heterocycles. The van der Waals surface area contributed by atoms with Gasteiger partial charge in [0.2, 0.25) is 5.88 Å². The van der Waals surface area contributed by atoms with Crippen molar-refractivity contribution in [3.8, 4) is 11.6 Å². The Morgan fingerprint density at radius 1 is 1.11 bits per heavy atom. The Labute approximate surface area is 160 Å². The van der Waals surface area contributed by atoms with E-state index in [9.17, 15) is 15.0 Å². The summed E-state index contributed by atoms with van der Waals surface area (Å²) in [6, 6.07) is 17.5. The molecule has 3 aromatic carbocycles. The van der Waals surface area contributed by atoms with Gasteiger partial charge in [0.25, 0.3) is 5.91 Å². The van der Waals surface area contributed by atoms with Gasteiger partial charge in [-0.2, -0.15) is 0 Å². The average molecular weight is 370 g/mol. The van der Waals surface area contributed by atoms with Crippen LogP contribution in [0.15, 0.2) is 83.5 Å². The molecule has 138 valence electrons. The summed E-state index contributed by atoms with van der Waals surface area (Å²) in [7, 11) is 0. The molecular weight excluding hydrogens is 354 g/mol. The van der Waals surface area contributed by atoms with Crippen LogP contribution in [-0.4, -0.2) is 15.6 Å². The van der Waals surface area contributed by atoms with Gasteiger partial charge in [-0.05, 0) is 22.9 Å². The van der Waals surface area contributed by atoms with E-state index in [1.54, 1.807) is 28.8 Å². The number of hydrogen-bond donors (Lipinski definition) is 1. The summed E-state index contributed by atoms with van der Waals surface area (Å²) in [5.41, 5.74) is 0.868. The lowest BCUT2D eigenvalue weighted by atomic mass is 10.1. The average Bonchev–Trinajstić information content (AvgIpc) is 2.97. The first-order valence-electron chi connectivity index (χ1n) is 8.67. The minimum Gasteiger partial charge on any atom is -0.872 e. The van der Waals surface area contributed by atoms with Crippen LogP contribution in [0.5, 0.6) is 11.6 Å². The van der Waals surface area contributed by atoms with Crippen LogP contribution < -0.4 is 5.11 Å². The molecule has 0 aliphatic heterocycles. The number of rotatable bonds is 4. The molecule has 4 rings (SSSR count). The molecular formula is C22H16N3O3-. The predicted octanol–water partition coefficient (Wildman–Crippen LogP) is 4.68. The number of nitrogens with zero attached hydrogens (tertiary/aromatic N) is 3. The Morgan fingerprint density at radius 2 is 1.79 bits per heavy atom. The van der Waals surface area contributed by atoms with Gasteiger partial charge in [-0.3, -0.25) is 4.79 Å². The molecule has 0 bridgehead atoms.